The number of benzene rings is 2. The van der Waals surface area contributed by atoms with E-state index in [2.05, 4.69) is 9.97 Å². The molecule has 0 aliphatic carbocycles. The van der Waals surface area contributed by atoms with Gasteiger partial charge >= 0.3 is 0 Å². The lowest BCUT2D eigenvalue weighted by atomic mass is 10.2. The van der Waals surface area contributed by atoms with E-state index in [4.69, 9.17) is 14.9 Å². The van der Waals surface area contributed by atoms with Gasteiger partial charge in [-0.15, -0.1) is 0 Å². The second-order valence-corrected chi connectivity index (χ2v) is 6.98. The third-order valence-corrected chi connectivity index (χ3v) is 4.63. The van der Waals surface area contributed by atoms with Gasteiger partial charge < -0.3 is 24.6 Å². The van der Waals surface area contributed by atoms with E-state index in [1.54, 1.807) is 4.57 Å². The Morgan fingerprint density at radius 2 is 2.10 bits per heavy atom. The number of oxazole rings is 1. The molecule has 1 atom stereocenters. The highest BCUT2D eigenvalue weighted by molar-refractivity contribution is 5.90. The number of amides is 1. The van der Waals surface area contributed by atoms with Crippen molar-refractivity contribution in [2.45, 2.75) is 25.5 Å². The minimum Gasteiger partial charge on any atom is -0.494 e. The number of carbonyl (C=O) groups is 1. The number of aromatic nitrogens is 3. The molecule has 0 saturated carbocycles. The van der Waals surface area contributed by atoms with Gasteiger partial charge in [-0.1, -0.05) is 18.2 Å². The molecule has 0 unspecified atom stereocenters. The van der Waals surface area contributed by atoms with Crippen molar-refractivity contribution in [2.75, 3.05) is 6.61 Å². The minimum absolute atomic E-state index is 0.185. The summed E-state index contributed by atoms with van der Waals surface area (Å²) >= 11 is 0. The third-order valence-electron chi connectivity index (χ3n) is 4.63. The fraction of sp³-hybridized carbons (Fsp3) is 0.227. The third kappa shape index (κ3) is 4.66. The normalized spacial score (nSPS) is 12.2. The Kier molecular flexibility index (Phi) is 5.76. The zero-order valence-corrected chi connectivity index (χ0v) is 16.3. The van der Waals surface area contributed by atoms with Crippen LogP contribution in [-0.4, -0.2) is 38.3 Å². The highest BCUT2D eigenvalue weighted by Crippen LogP contribution is 2.26. The van der Waals surface area contributed by atoms with Crippen LogP contribution in [0.4, 0.5) is 0 Å². The van der Waals surface area contributed by atoms with E-state index in [-0.39, 0.29) is 5.69 Å². The van der Waals surface area contributed by atoms with Gasteiger partial charge in [-0.3, -0.25) is 4.79 Å². The number of primary amides is 1. The summed E-state index contributed by atoms with van der Waals surface area (Å²) in [5, 5.41) is 10.2. The molecule has 2 aromatic carbocycles. The first-order chi connectivity index (χ1) is 14.6. The fourth-order valence-electron chi connectivity index (χ4n) is 3.15. The maximum atomic E-state index is 11.1. The first-order valence-corrected chi connectivity index (χ1v) is 9.67. The van der Waals surface area contributed by atoms with Gasteiger partial charge in [-0.05, 0) is 43.2 Å². The van der Waals surface area contributed by atoms with Crippen LogP contribution in [0.2, 0.25) is 0 Å². The van der Waals surface area contributed by atoms with E-state index >= 15 is 0 Å². The number of hydrogen-bond acceptors (Lipinski definition) is 6. The van der Waals surface area contributed by atoms with E-state index in [0.717, 1.165) is 16.7 Å². The van der Waals surface area contributed by atoms with Crippen LogP contribution >= 0.6 is 0 Å². The molecule has 154 valence electrons. The summed E-state index contributed by atoms with van der Waals surface area (Å²) in [4.78, 5) is 19.5. The molecule has 8 heteroatoms. The van der Waals surface area contributed by atoms with Crippen molar-refractivity contribution < 1.29 is 19.1 Å². The van der Waals surface area contributed by atoms with Crippen molar-refractivity contribution in [3.63, 3.8) is 0 Å². The molecule has 0 saturated heterocycles. The van der Waals surface area contributed by atoms with Gasteiger partial charge in [0.05, 0.1) is 19.0 Å². The highest BCUT2D eigenvalue weighted by Gasteiger charge is 2.10. The van der Waals surface area contributed by atoms with Gasteiger partial charge in [0.25, 0.3) is 5.91 Å². The smallest absolute Gasteiger partial charge is 0.268 e. The Labute approximate surface area is 172 Å². The van der Waals surface area contributed by atoms with Gasteiger partial charge in [0.2, 0.25) is 5.89 Å². The lowest BCUT2D eigenvalue weighted by Gasteiger charge is -2.12. The van der Waals surface area contributed by atoms with Crippen molar-refractivity contribution in [1.82, 2.24) is 14.5 Å². The molecule has 0 spiro atoms. The number of carbonyl (C=O) groups excluding carboxylic acids is 1. The number of nitrogens with zero attached hydrogens (tertiary/aromatic N) is 3. The molecule has 0 radical (unpaired) electrons. The molecule has 0 aliphatic heterocycles. The van der Waals surface area contributed by atoms with Crippen LogP contribution in [0.5, 0.6) is 5.75 Å². The van der Waals surface area contributed by atoms with E-state index in [1.807, 2.05) is 48.5 Å². The van der Waals surface area contributed by atoms with Gasteiger partial charge in [-0.25, -0.2) is 9.97 Å². The predicted molar refractivity (Wildman–Crippen MR) is 111 cm³/mol. The number of aliphatic hydroxyl groups is 1. The quantitative estimate of drug-likeness (QED) is 0.413. The van der Waals surface area contributed by atoms with E-state index in [1.165, 1.54) is 12.5 Å². The lowest BCUT2D eigenvalue weighted by Crippen LogP contribution is -2.16. The number of rotatable bonds is 9. The van der Waals surface area contributed by atoms with Crippen molar-refractivity contribution in [3.8, 4) is 17.2 Å². The number of nitrogens with two attached hydrogens (primary N) is 1. The summed E-state index contributed by atoms with van der Waals surface area (Å²) in [6.45, 7) is 0.804. The van der Waals surface area contributed by atoms with Crippen molar-refractivity contribution in [1.29, 1.82) is 0 Å². The molecule has 3 N–H and O–H groups in total. The molecule has 0 fully saturated rings. The number of imidazole rings is 1. The van der Waals surface area contributed by atoms with Crippen LogP contribution in [0.25, 0.3) is 22.6 Å². The average Bonchev–Trinajstić information content (AvgIpc) is 3.38. The molecule has 0 bridgehead atoms. The number of para-hydroxylation sites is 2. The molecule has 4 rings (SSSR count). The summed E-state index contributed by atoms with van der Waals surface area (Å²) in [5.74, 6) is 0.675. The van der Waals surface area contributed by atoms with E-state index in [9.17, 15) is 9.90 Å². The second kappa shape index (κ2) is 8.79. The number of fused-ring (bicyclic) bond motifs is 1. The second-order valence-electron chi connectivity index (χ2n) is 6.98. The largest absolute Gasteiger partial charge is 0.494 e. The summed E-state index contributed by atoms with van der Waals surface area (Å²) in [6.07, 6.45) is 3.66. The summed E-state index contributed by atoms with van der Waals surface area (Å²) in [5.41, 5.74) is 7.76. The van der Waals surface area contributed by atoms with Crippen LogP contribution in [0.1, 0.15) is 23.3 Å². The Morgan fingerprint density at radius 1 is 1.23 bits per heavy atom. The Balaban J connectivity index is 1.28. The van der Waals surface area contributed by atoms with Crippen molar-refractivity contribution >= 4 is 17.0 Å². The molecule has 1 amide bonds. The highest BCUT2D eigenvalue weighted by atomic mass is 16.5. The first kappa shape index (κ1) is 19.7. The zero-order valence-electron chi connectivity index (χ0n) is 16.3. The summed E-state index contributed by atoms with van der Waals surface area (Å²) in [7, 11) is 0. The van der Waals surface area contributed by atoms with Crippen molar-refractivity contribution in [3.05, 3.63) is 66.7 Å². The van der Waals surface area contributed by atoms with Gasteiger partial charge in [0, 0.05) is 18.3 Å². The lowest BCUT2D eigenvalue weighted by molar-refractivity contribution is 0.0995. The topological polar surface area (TPSA) is 116 Å². The zero-order chi connectivity index (χ0) is 20.9. The van der Waals surface area contributed by atoms with Gasteiger partial charge in [0.15, 0.2) is 5.58 Å². The van der Waals surface area contributed by atoms with Crippen LogP contribution in [0, 0.1) is 0 Å². The first-order valence-electron chi connectivity index (χ1n) is 9.67. The molecule has 30 heavy (non-hydrogen) atoms. The number of hydrogen-bond donors (Lipinski definition) is 2. The van der Waals surface area contributed by atoms with Crippen LogP contribution in [0.3, 0.4) is 0 Å². The standard InChI is InChI=1S/C22H22N4O4/c23-21(28)19-13-26(14-24-19)12-16(27)6-4-10-29-17-7-3-5-15(11-17)22-25-18-8-1-2-9-20(18)30-22/h1-3,5,7-9,11,13-14,16,27H,4,6,10,12H2,(H2,23,28)/t16-/m0/s1. The van der Waals surface area contributed by atoms with Crippen LogP contribution < -0.4 is 10.5 Å². The number of aliphatic hydroxyl groups excluding tert-OH is 1. The number of ether oxygens (including phenoxy) is 1. The molecule has 2 heterocycles. The van der Waals surface area contributed by atoms with Gasteiger partial charge in [-0.2, -0.15) is 0 Å². The molecule has 8 nitrogen and oxygen atoms in total. The SMILES string of the molecule is NC(=O)c1cn(C[C@@H](O)CCCOc2cccc(-c3nc4ccccc4o3)c2)cn1. The maximum absolute atomic E-state index is 11.1. The summed E-state index contributed by atoms with van der Waals surface area (Å²) < 4.78 is 13.3. The minimum atomic E-state index is -0.586. The Morgan fingerprint density at radius 3 is 2.90 bits per heavy atom. The molecule has 4 aromatic rings. The fourth-order valence-corrected chi connectivity index (χ4v) is 3.15. The molecular weight excluding hydrogens is 384 g/mol. The maximum Gasteiger partial charge on any atom is 0.268 e. The van der Waals surface area contributed by atoms with E-state index in [0.29, 0.717) is 37.6 Å². The Bertz CT molecular complexity index is 1120. The van der Waals surface area contributed by atoms with Crippen molar-refractivity contribution in [2.24, 2.45) is 5.73 Å². The Hall–Kier alpha value is -3.65. The van der Waals surface area contributed by atoms with E-state index < -0.39 is 12.0 Å². The monoisotopic (exact) mass is 406 g/mol. The molecular formula is C22H22N4O4. The average molecular weight is 406 g/mol. The summed E-state index contributed by atoms with van der Waals surface area (Å²) in [6, 6.07) is 15.2. The van der Waals surface area contributed by atoms with Crippen LogP contribution in [-0.2, 0) is 6.54 Å². The predicted octanol–water partition coefficient (Wildman–Crippen LogP) is 3.01. The van der Waals surface area contributed by atoms with Gasteiger partial charge in [0.1, 0.15) is 17.0 Å². The molecule has 0 aliphatic rings. The molecule has 2 aromatic heterocycles. The van der Waals surface area contributed by atoms with Crippen LogP contribution in [0.15, 0.2) is 65.5 Å².